The zero-order valence-electron chi connectivity index (χ0n) is 14.2. The predicted octanol–water partition coefficient (Wildman–Crippen LogP) is 4.53. The molecule has 0 saturated carbocycles. The largest absolute Gasteiger partial charge is 0.455 e. The topological polar surface area (TPSA) is 63.2 Å². The summed E-state index contributed by atoms with van der Waals surface area (Å²) < 4.78 is 5.94. The molecular weight excluding hydrogens is 326 g/mol. The normalized spacial score (nSPS) is 10.0. The number of hydrogen-bond donors (Lipinski definition) is 2. The molecule has 130 valence electrons. The lowest BCUT2D eigenvalue weighted by Gasteiger charge is -2.13. The first-order chi connectivity index (χ1) is 12.8. The van der Waals surface area contributed by atoms with Gasteiger partial charge in [-0.25, -0.2) is 0 Å². The lowest BCUT2D eigenvalue weighted by Crippen LogP contribution is -2.23. The number of nitrogens with zero attached hydrogens (tertiary/aromatic N) is 1. The summed E-state index contributed by atoms with van der Waals surface area (Å²) in [5, 5.41) is 5.99. The predicted molar refractivity (Wildman–Crippen MR) is 103 cm³/mol. The zero-order valence-corrected chi connectivity index (χ0v) is 14.2. The molecule has 2 aromatic carbocycles. The highest BCUT2D eigenvalue weighted by Crippen LogP contribution is 2.31. The van der Waals surface area contributed by atoms with E-state index in [9.17, 15) is 4.79 Å². The van der Waals surface area contributed by atoms with Crippen molar-refractivity contribution in [3.8, 4) is 11.5 Å². The van der Waals surface area contributed by atoms with Crippen molar-refractivity contribution >= 4 is 17.3 Å². The molecule has 1 aromatic heterocycles. The molecular formula is C21H19N3O2. The second-order valence-electron chi connectivity index (χ2n) is 5.50. The Hall–Kier alpha value is -3.60. The first kappa shape index (κ1) is 17.2. The molecule has 3 rings (SSSR count). The van der Waals surface area contributed by atoms with Crippen LogP contribution in [0.25, 0.3) is 0 Å². The molecule has 0 aliphatic heterocycles. The van der Waals surface area contributed by atoms with Crippen LogP contribution in [0.4, 0.5) is 11.4 Å². The molecule has 0 bridgehead atoms. The molecule has 0 saturated heterocycles. The van der Waals surface area contributed by atoms with Crippen molar-refractivity contribution in [2.24, 2.45) is 0 Å². The van der Waals surface area contributed by atoms with E-state index >= 15 is 0 Å². The molecule has 3 aromatic rings. The van der Waals surface area contributed by atoms with Gasteiger partial charge in [0, 0.05) is 12.7 Å². The highest BCUT2D eigenvalue weighted by atomic mass is 16.5. The van der Waals surface area contributed by atoms with Gasteiger partial charge in [0.15, 0.2) is 5.75 Å². The maximum absolute atomic E-state index is 12.1. The SMILES string of the molecule is C=CCNC(=O)c1cncc(Nc2ccccc2Oc2ccccc2)c1. The molecule has 1 amide bonds. The zero-order chi connectivity index (χ0) is 18.2. The summed E-state index contributed by atoms with van der Waals surface area (Å²) in [5.74, 6) is 1.23. The summed E-state index contributed by atoms with van der Waals surface area (Å²) >= 11 is 0. The molecule has 0 atom stereocenters. The first-order valence-corrected chi connectivity index (χ1v) is 8.19. The van der Waals surface area contributed by atoms with Crippen molar-refractivity contribution in [2.45, 2.75) is 0 Å². The molecule has 5 nitrogen and oxygen atoms in total. The molecule has 26 heavy (non-hydrogen) atoms. The molecule has 0 spiro atoms. The number of aromatic nitrogens is 1. The average Bonchev–Trinajstić information content (AvgIpc) is 2.69. The maximum atomic E-state index is 12.1. The van der Waals surface area contributed by atoms with E-state index in [1.807, 2.05) is 54.6 Å². The monoisotopic (exact) mass is 345 g/mol. The quantitative estimate of drug-likeness (QED) is 0.617. The van der Waals surface area contributed by atoms with E-state index in [0.717, 1.165) is 11.4 Å². The number of pyridine rings is 1. The number of carbonyl (C=O) groups is 1. The van der Waals surface area contributed by atoms with Crippen LogP contribution < -0.4 is 15.4 Å². The van der Waals surface area contributed by atoms with Crippen molar-refractivity contribution in [1.29, 1.82) is 0 Å². The Morgan fingerprint density at radius 3 is 2.65 bits per heavy atom. The Kier molecular flexibility index (Phi) is 5.62. The Morgan fingerprint density at radius 1 is 1.08 bits per heavy atom. The van der Waals surface area contributed by atoms with Gasteiger partial charge in [-0.05, 0) is 30.3 Å². The standard InChI is InChI=1S/C21H19N3O2/c1-2-12-23-21(25)16-13-17(15-22-14-16)24-19-10-6-7-11-20(19)26-18-8-4-3-5-9-18/h2-11,13-15,24H,1,12H2,(H,23,25). The molecule has 1 heterocycles. The van der Waals surface area contributed by atoms with Crippen LogP contribution >= 0.6 is 0 Å². The Morgan fingerprint density at radius 2 is 1.85 bits per heavy atom. The Balaban J connectivity index is 1.79. The second kappa shape index (κ2) is 8.48. The minimum Gasteiger partial charge on any atom is -0.455 e. The lowest BCUT2D eigenvalue weighted by atomic mass is 10.2. The third kappa shape index (κ3) is 4.48. The van der Waals surface area contributed by atoms with Crippen molar-refractivity contribution in [3.63, 3.8) is 0 Å². The van der Waals surface area contributed by atoms with Gasteiger partial charge in [-0.1, -0.05) is 36.4 Å². The van der Waals surface area contributed by atoms with Crippen LogP contribution in [0.5, 0.6) is 11.5 Å². The summed E-state index contributed by atoms with van der Waals surface area (Å²) in [4.78, 5) is 16.2. The maximum Gasteiger partial charge on any atom is 0.253 e. The Labute approximate surface area is 152 Å². The highest BCUT2D eigenvalue weighted by Gasteiger charge is 2.08. The van der Waals surface area contributed by atoms with Gasteiger partial charge in [0.25, 0.3) is 5.91 Å². The lowest BCUT2D eigenvalue weighted by molar-refractivity contribution is 0.0957. The van der Waals surface area contributed by atoms with Gasteiger partial charge < -0.3 is 15.4 Å². The summed E-state index contributed by atoms with van der Waals surface area (Å²) in [7, 11) is 0. The fourth-order valence-corrected chi connectivity index (χ4v) is 2.33. The summed E-state index contributed by atoms with van der Waals surface area (Å²) in [6.45, 7) is 3.99. The van der Waals surface area contributed by atoms with E-state index in [0.29, 0.717) is 23.5 Å². The molecule has 0 unspecified atom stereocenters. The number of ether oxygens (including phenoxy) is 1. The van der Waals surface area contributed by atoms with E-state index in [2.05, 4.69) is 22.2 Å². The minimum absolute atomic E-state index is 0.199. The molecule has 2 N–H and O–H groups in total. The second-order valence-corrected chi connectivity index (χ2v) is 5.50. The fourth-order valence-electron chi connectivity index (χ4n) is 2.33. The van der Waals surface area contributed by atoms with Gasteiger partial charge in [-0.3, -0.25) is 9.78 Å². The van der Waals surface area contributed by atoms with Gasteiger partial charge in [0.05, 0.1) is 23.1 Å². The van der Waals surface area contributed by atoms with E-state index in [1.54, 1.807) is 18.3 Å². The number of hydrogen-bond acceptors (Lipinski definition) is 4. The van der Waals surface area contributed by atoms with Crippen LogP contribution in [0.1, 0.15) is 10.4 Å². The van der Waals surface area contributed by atoms with Gasteiger partial charge in [0.1, 0.15) is 5.75 Å². The number of rotatable bonds is 7. The molecule has 0 aliphatic carbocycles. The third-order valence-corrected chi connectivity index (χ3v) is 3.54. The van der Waals surface area contributed by atoms with Gasteiger partial charge in [0.2, 0.25) is 0 Å². The third-order valence-electron chi connectivity index (χ3n) is 3.54. The highest BCUT2D eigenvalue weighted by molar-refractivity contribution is 5.95. The first-order valence-electron chi connectivity index (χ1n) is 8.19. The van der Waals surface area contributed by atoms with E-state index in [-0.39, 0.29) is 5.91 Å². The summed E-state index contributed by atoms with van der Waals surface area (Å²) in [6, 6.07) is 18.9. The van der Waals surface area contributed by atoms with Gasteiger partial charge >= 0.3 is 0 Å². The van der Waals surface area contributed by atoms with Crippen LogP contribution in [0.2, 0.25) is 0 Å². The Bertz CT molecular complexity index is 895. The van der Waals surface area contributed by atoms with Crippen molar-refractivity contribution in [2.75, 3.05) is 11.9 Å². The number of carbonyl (C=O) groups excluding carboxylic acids is 1. The van der Waals surface area contributed by atoms with Crippen molar-refractivity contribution in [1.82, 2.24) is 10.3 Å². The fraction of sp³-hybridized carbons (Fsp3) is 0.0476. The molecule has 5 heteroatoms. The number of nitrogens with one attached hydrogen (secondary N) is 2. The average molecular weight is 345 g/mol. The van der Waals surface area contributed by atoms with Crippen LogP contribution in [0, 0.1) is 0 Å². The van der Waals surface area contributed by atoms with E-state index < -0.39 is 0 Å². The van der Waals surface area contributed by atoms with Crippen LogP contribution in [0.3, 0.4) is 0 Å². The van der Waals surface area contributed by atoms with Crippen LogP contribution in [-0.4, -0.2) is 17.4 Å². The smallest absolute Gasteiger partial charge is 0.253 e. The van der Waals surface area contributed by atoms with Gasteiger partial charge in [-0.15, -0.1) is 6.58 Å². The molecule has 0 radical (unpaired) electrons. The summed E-state index contributed by atoms with van der Waals surface area (Å²) in [5.41, 5.74) is 1.94. The van der Waals surface area contributed by atoms with Crippen molar-refractivity contribution < 1.29 is 9.53 Å². The van der Waals surface area contributed by atoms with E-state index in [4.69, 9.17) is 4.74 Å². The molecule has 0 fully saturated rings. The number of amides is 1. The van der Waals surface area contributed by atoms with Gasteiger partial charge in [-0.2, -0.15) is 0 Å². The summed E-state index contributed by atoms with van der Waals surface area (Å²) in [6.07, 6.45) is 4.81. The minimum atomic E-state index is -0.199. The number of benzene rings is 2. The number of anilines is 2. The van der Waals surface area contributed by atoms with Crippen LogP contribution in [-0.2, 0) is 0 Å². The molecule has 0 aliphatic rings. The van der Waals surface area contributed by atoms with Crippen LogP contribution in [0.15, 0.2) is 85.7 Å². The van der Waals surface area contributed by atoms with Crippen molar-refractivity contribution in [3.05, 3.63) is 91.3 Å². The van der Waals surface area contributed by atoms with E-state index in [1.165, 1.54) is 6.20 Å². The number of para-hydroxylation sites is 3.